The first kappa shape index (κ1) is 15.0. The van der Waals surface area contributed by atoms with Gasteiger partial charge in [-0.1, -0.05) is 52.4 Å². The van der Waals surface area contributed by atoms with Crippen LogP contribution in [0.5, 0.6) is 0 Å². The van der Waals surface area contributed by atoms with E-state index >= 15 is 0 Å². The first-order valence-electron chi connectivity index (χ1n) is 7.56. The Morgan fingerprint density at radius 2 is 1.71 bits per heavy atom. The lowest BCUT2D eigenvalue weighted by Crippen LogP contribution is -2.39. The maximum Gasteiger partial charge on any atom is 0.0829 e. The van der Waals surface area contributed by atoms with E-state index in [1.165, 1.54) is 25.7 Å². The largest absolute Gasteiger partial charge is 0.390 e. The van der Waals surface area contributed by atoms with Crippen LogP contribution in [0.2, 0.25) is 0 Å². The topological polar surface area (TPSA) is 40.5 Å². The summed E-state index contributed by atoms with van der Waals surface area (Å²) in [5, 5.41) is 20.6. The molecule has 1 aliphatic carbocycles. The first-order valence-corrected chi connectivity index (χ1v) is 7.56. The smallest absolute Gasteiger partial charge is 0.0829 e. The number of hydrogen-bond acceptors (Lipinski definition) is 2. The highest BCUT2D eigenvalue weighted by molar-refractivity contribution is 4.82. The molecule has 0 saturated heterocycles. The molecule has 0 amide bonds. The van der Waals surface area contributed by atoms with Gasteiger partial charge in [0.25, 0.3) is 0 Å². The van der Waals surface area contributed by atoms with Crippen molar-refractivity contribution in [2.45, 2.75) is 83.8 Å². The highest BCUT2D eigenvalue weighted by atomic mass is 16.3. The second-order valence-corrected chi connectivity index (χ2v) is 5.69. The fourth-order valence-corrected chi connectivity index (χ4v) is 3.12. The Morgan fingerprint density at radius 3 is 2.24 bits per heavy atom. The average Bonchev–Trinajstić information content (AvgIpc) is 2.39. The molecular weight excluding hydrogens is 212 g/mol. The third kappa shape index (κ3) is 4.59. The zero-order chi connectivity index (χ0) is 12.7. The highest BCUT2D eigenvalue weighted by Gasteiger charge is 2.31. The zero-order valence-electron chi connectivity index (χ0n) is 11.6. The lowest BCUT2D eigenvalue weighted by atomic mass is 9.79. The summed E-state index contributed by atoms with van der Waals surface area (Å²) in [4.78, 5) is 0. The molecule has 3 unspecified atom stereocenters. The molecule has 0 aliphatic heterocycles. The monoisotopic (exact) mass is 242 g/mol. The molecule has 0 aromatic rings. The van der Waals surface area contributed by atoms with Crippen LogP contribution in [0.15, 0.2) is 0 Å². The van der Waals surface area contributed by atoms with Crippen molar-refractivity contribution in [3.8, 4) is 0 Å². The number of unbranched alkanes of at least 4 members (excludes halogenated alkanes) is 1. The lowest BCUT2D eigenvalue weighted by Gasteiger charge is -2.33. The van der Waals surface area contributed by atoms with Crippen LogP contribution in [-0.2, 0) is 0 Å². The van der Waals surface area contributed by atoms with E-state index in [4.69, 9.17) is 0 Å². The standard InChI is InChI=1S/C15H30O2/c1-3-5-9-12(4-2)14(16)15(17)13-10-7-6-8-11-13/h12-17H,3-11H2,1-2H3. The van der Waals surface area contributed by atoms with Gasteiger partial charge in [-0.25, -0.2) is 0 Å². The normalized spacial score (nSPS) is 23.3. The molecule has 2 nitrogen and oxygen atoms in total. The van der Waals surface area contributed by atoms with E-state index in [0.717, 1.165) is 32.1 Å². The van der Waals surface area contributed by atoms with Gasteiger partial charge < -0.3 is 10.2 Å². The van der Waals surface area contributed by atoms with Gasteiger partial charge in [-0.05, 0) is 31.1 Å². The van der Waals surface area contributed by atoms with Gasteiger partial charge in [-0.15, -0.1) is 0 Å². The molecule has 1 saturated carbocycles. The molecule has 2 N–H and O–H groups in total. The summed E-state index contributed by atoms with van der Waals surface area (Å²) in [5.74, 6) is 0.626. The van der Waals surface area contributed by atoms with Gasteiger partial charge in [0.05, 0.1) is 12.2 Å². The minimum atomic E-state index is -0.505. The van der Waals surface area contributed by atoms with Crippen molar-refractivity contribution in [2.24, 2.45) is 11.8 Å². The summed E-state index contributed by atoms with van der Waals surface area (Å²) in [6.45, 7) is 4.30. The van der Waals surface area contributed by atoms with Crippen molar-refractivity contribution in [2.75, 3.05) is 0 Å². The quantitative estimate of drug-likeness (QED) is 0.717. The fraction of sp³-hybridized carbons (Fsp3) is 1.00. The van der Waals surface area contributed by atoms with Crippen LogP contribution in [-0.4, -0.2) is 22.4 Å². The number of aliphatic hydroxyl groups is 2. The molecule has 1 aliphatic rings. The molecule has 2 heteroatoms. The van der Waals surface area contributed by atoms with Crippen LogP contribution >= 0.6 is 0 Å². The lowest BCUT2D eigenvalue weighted by molar-refractivity contribution is -0.0581. The van der Waals surface area contributed by atoms with E-state index < -0.39 is 12.2 Å². The minimum absolute atomic E-state index is 0.284. The van der Waals surface area contributed by atoms with E-state index in [1.807, 2.05) is 0 Å². The van der Waals surface area contributed by atoms with Gasteiger partial charge >= 0.3 is 0 Å². The van der Waals surface area contributed by atoms with Crippen LogP contribution in [0.1, 0.15) is 71.6 Å². The Morgan fingerprint density at radius 1 is 1.06 bits per heavy atom. The summed E-state index contributed by atoms with van der Waals surface area (Å²) in [6, 6.07) is 0. The van der Waals surface area contributed by atoms with E-state index in [-0.39, 0.29) is 5.92 Å². The van der Waals surface area contributed by atoms with Crippen molar-refractivity contribution in [1.82, 2.24) is 0 Å². The molecule has 1 rings (SSSR count). The molecule has 17 heavy (non-hydrogen) atoms. The molecule has 0 spiro atoms. The van der Waals surface area contributed by atoms with Gasteiger partial charge in [0.1, 0.15) is 0 Å². The second kappa shape index (κ2) is 8.10. The van der Waals surface area contributed by atoms with Gasteiger partial charge in [-0.3, -0.25) is 0 Å². The Hall–Kier alpha value is -0.0800. The zero-order valence-corrected chi connectivity index (χ0v) is 11.6. The van der Waals surface area contributed by atoms with Gasteiger partial charge in [0.15, 0.2) is 0 Å². The number of hydrogen-bond donors (Lipinski definition) is 2. The minimum Gasteiger partial charge on any atom is -0.390 e. The van der Waals surface area contributed by atoms with Crippen LogP contribution in [0.3, 0.4) is 0 Å². The van der Waals surface area contributed by atoms with Crippen molar-refractivity contribution in [3.63, 3.8) is 0 Å². The number of aliphatic hydroxyl groups excluding tert-OH is 2. The Labute approximate surface area is 106 Å². The molecule has 1 fully saturated rings. The van der Waals surface area contributed by atoms with Gasteiger partial charge in [0, 0.05) is 0 Å². The Balaban J connectivity index is 2.43. The van der Waals surface area contributed by atoms with Crippen LogP contribution in [0.25, 0.3) is 0 Å². The second-order valence-electron chi connectivity index (χ2n) is 5.69. The fourth-order valence-electron chi connectivity index (χ4n) is 3.12. The molecule has 0 aromatic carbocycles. The summed E-state index contributed by atoms with van der Waals surface area (Å²) >= 11 is 0. The SMILES string of the molecule is CCCCC(CC)C(O)C(O)C1CCCCC1. The van der Waals surface area contributed by atoms with Crippen LogP contribution in [0, 0.1) is 11.8 Å². The first-order chi connectivity index (χ1) is 8.20. The third-order valence-corrected chi connectivity index (χ3v) is 4.42. The Bertz CT molecular complexity index is 187. The van der Waals surface area contributed by atoms with E-state index in [9.17, 15) is 10.2 Å². The van der Waals surface area contributed by atoms with Crippen molar-refractivity contribution < 1.29 is 10.2 Å². The summed E-state index contributed by atoms with van der Waals surface area (Å²) < 4.78 is 0. The maximum absolute atomic E-state index is 10.3. The van der Waals surface area contributed by atoms with Crippen molar-refractivity contribution >= 4 is 0 Å². The third-order valence-electron chi connectivity index (χ3n) is 4.42. The maximum atomic E-state index is 10.3. The predicted molar refractivity (Wildman–Crippen MR) is 71.9 cm³/mol. The molecule has 0 bridgehead atoms. The number of rotatable bonds is 7. The molecule has 0 aromatic heterocycles. The van der Waals surface area contributed by atoms with Gasteiger partial charge in [-0.2, -0.15) is 0 Å². The molecule has 0 heterocycles. The average molecular weight is 242 g/mol. The summed E-state index contributed by atoms with van der Waals surface area (Å²) in [6.07, 6.45) is 9.31. The van der Waals surface area contributed by atoms with E-state index in [2.05, 4.69) is 13.8 Å². The highest BCUT2D eigenvalue weighted by Crippen LogP contribution is 2.31. The van der Waals surface area contributed by atoms with E-state index in [1.54, 1.807) is 0 Å². The van der Waals surface area contributed by atoms with Crippen LogP contribution < -0.4 is 0 Å². The predicted octanol–water partition coefficient (Wildman–Crippen LogP) is 3.50. The summed E-state index contributed by atoms with van der Waals surface area (Å²) in [5.41, 5.74) is 0. The van der Waals surface area contributed by atoms with Crippen molar-refractivity contribution in [1.29, 1.82) is 0 Å². The van der Waals surface area contributed by atoms with Crippen LogP contribution in [0.4, 0.5) is 0 Å². The molecule has 0 radical (unpaired) electrons. The summed E-state index contributed by atoms with van der Waals surface area (Å²) in [7, 11) is 0. The van der Waals surface area contributed by atoms with Crippen molar-refractivity contribution in [3.05, 3.63) is 0 Å². The van der Waals surface area contributed by atoms with E-state index in [0.29, 0.717) is 5.92 Å². The molecular formula is C15H30O2. The van der Waals surface area contributed by atoms with Gasteiger partial charge in [0.2, 0.25) is 0 Å². The molecule has 3 atom stereocenters. The molecule has 102 valence electrons. The Kier molecular flexibility index (Phi) is 7.14.